The second-order valence-electron chi connectivity index (χ2n) is 2.80. The van der Waals surface area contributed by atoms with Gasteiger partial charge in [0.05, 0.1) is 0 Å². The van der Waals surface area contributed by atoms with E-state index in [9.17, 15) is 4.79 Å². The van der Waals surface area contributed by atoms with Gasteiger partial charge in [-0.3, -0.25) is 4.79 Å². The van der Waals surface area contributed by atoms with Crippen LogP contribution in [0.2, 0.25) is 0 Å². The maximum atomic E-state index is 11.0. The van der Waals surface area contributed by atoms with Crippen LogP contribution in [0, 0.1) is 0 Å². The molecule has 7 heteroatoms. The molecule has 0 radical (unpaired) electrons. The van der Waals surface area contributed by atoms with Crippen molar-refractivity contribution in [1.82, 2.24) is 25.9 Å². The van der Waals surface area contributed by atoms with Gasteiger partial charge in [0.25, 0.3) is 5.95 Å². The lowest BCUT2D eigenvalue weighted by atomic mass is 10.4. The molecular formula is C6H10N6O. The van der Waals surface area contributed by atoms with Crippen LogP contribution in [0.4, 0.5) is 5.95 Å². The Kier molecular flexibility index (Phi) is 2.07. The molecule has 2 N–H and O–H groups in total. The highest BCUT2D eigenvalue weighted by Crippen LogP contribution is 2.05. The molecule has 1 saturated heterocycles. The third-order valence-corrected chi connectivity index (χ3v) is 1.93. The number of carbonyl (C=O) groups excluding carboxylic acids is 1. The second-order valence-corrected chi connectivity index (χ2v) is 2.80. The van der Waals surface area contributed by atoms with Crippen LogP contribution in [-0.4, -0.2) is 46.2 Å². The number of aromatic amines is 1. The van der Waals surface area contributed by atoms with Crippen molar-refractivity contribution in [2.24, 2.45) is 0 Å². The van der Waals surface area contributed by atoms with Crippen LogP contribution < -0.4 is 10.2 Å². The summed E-state index contributed by atoms with van der Waals surface area (Å²) in [6.07, 6.45) is 0.481. The number of H-pyrrole nitrogens is 1. The molecule has 1 amide bonds. The molecule has 2 heterocycles. The van der Waals surface area contributed by atoms with E-state index in [-0.39, 0.29) is 5.91 Å². The predicted octanol–water partition coefficient (Wildman–Crippen LogP) is -1.47. The molecule has 0 bridgehead atoms. The molecule has 13 heavy (non-hydrogen) atoms. The molecule has 1 aliphatic heterocycles. The van der Waals surface area contributed by atoms with Crippen molar-refractivity contribution in [2.75, 3.05) is 24.5 Å². The molecule has 0 aromatic carbocycles. The number of rotatable bonds is 1. The number of hydrogen-bond donors (Lipinski definition) is 2. The molecule has 0 saturated carbocycles. The molecule has 1 fully saturated rings. The molecular weight excluding hydrogens is 172 g/mol. The number of carbonyl (C=O) groups is 1. The molecule has 0 atom stereocenters. The first-order valence-corrected chi connectivity index (χ1v) is 4.11. The highest BCUT2D eigenvalue weighted by Gasteiger charge is 2.16. The third-order valence-electron chi connectivity index (χ3n) is 1.93. The summed E-state index contributed by atoms with van der Waals surface area (Å²) in [6, 6.07) is 0. The summed E-state index contributed by atoms with van der Waals surface area (Å²) >= 11 is 0. The van der Waals surface area contributed by atoms with Crippen LogP contribution in [0.3, 0.4) is 0 Å². The van der Waals surface area contributed by atoms with E-state index in [0.29, 0.717) is 25.5 Å². The zero-order chi connectivity index (χ0) is 9.10. The van der Waals surface area contributed by atoms with Gasteiger partial charge in [-0.2, -0.15) is 5.21 Å². The Labute approximate surface area is 74.5 Å². The van der Waals surface area contributed by atoms with Crippen LogP contribution in [0.25, 0.3) is 0 Å². The van der Waals surface area contributed by atoms with Gasteiger partial charge in [0, 0.05) is 26.1 Å². The largest absolute Gasteiger partial charge is 0.354 e. The van der Waals surface area contributed by atoms with E-state index in [2.05, 4.69) is 25.9 Å². The minimum atomic E-state index is 0.0750. The second kappa shape index (κ2) is 3.38. The van der Waals surface area contributed by atoms with Crippen molar-refractivity contribution >= 4 is 11.9 Å². The Hall–Kier alpha value is -1.66. The number of amides is 1. The topological polar surface area (TPSA) is 86.8 Å². The van der Waals surface area contributed by atoms with Crippen LogP contribution in [0.15, 0.2) is 0 Å². The molecule has 1 aromatic rings. The molecule has 70 valence electrons. The van der Waals surface area contributed by atoms with E-state index in [1.807, 2.05) is 4.90 Å². The first-order chi connectivity index (χ1) is 6.36. The van der Waals surface area contributed by atoms with Gasteiger partial charge < -0.3 is 10.2 Å². The summed E-state index contributed by atoms with van der Waals surface area (Å²) in [5.41, 5.74) is 0. The van der Waals surface area contributed by atoms with Gasteiger partial charge >= 0.3 is 0 Å². The number of hydrogen-bond acceptors (Lipinski definition) is 5. The van der Waals surface area contributed by atoms with Gasteiger partial charge in [0.2, 0.25) is 5.91 Å². The van der Waals surface area contributed by atoms with E-state index in [1.54, 1.807) is 0 Å². The van der Waals surface area contributed by atoms with Crippen LogP contribution in [0.5, 0.6) is 0 Å². The summed E-state index contributed by atoms with van der Waals surface area (Å²) in [7, 11) is 0. The van der Waals surface area contributed by atoms with Gasteiger partial charge in [-0.05, 0) is 5.21 Å². The quantitative estimate of drug-likeness (QED) is 0.553. The van der Waals surface area contributed by atoms with E-state index >= 15 is 0 Å². The predicted molar refractivity (Wildman–Crippen MR) is 44.0 cm³/mol. The molecule has 7 nitrogen and oxygen atoms in total. The lowest BCUT2D eigenvalue weighted by Crippen LogP contribution is -2.29. The average Bonchev–Trinajstić information content (AvgIpc) is 2.56. The van der Waals surface area contributed by atoms with Crippen molar-refractivity contribution in [3.05, 3.63) is 0 Å². The number of nitrogens with one attached hydrogen (secondary N) is 2. The SMILES string of the molecule is O=C1CCN(c2nn[nH]n2)CCN1. The Morgan fingerprint density at radius 2 is 2.31 bits per heavy atom. The van der Waals surface area contributed by atoms with E-state index < -0.39 is 0 Å². The normalized spacial score (nSPS) is 18.2. The van der Waals surface area contributed by atoms with E-state index in [1.165, 1.54) is 0 Å². The van der Waals surface area contributed by atoms with E-state index in [4.69, 9.17) is 0 Å². The number of nitrogens with zero attached hydrogens (tertiary/aromatic N) is 4. The van der Waals surface area contributed by atoms with E-state index in [0.717, 1.165) is 6.54 Å². The van der Waals surface area contributed by atoms with Crippen molar-refractivity contribution in [3.8, 4) is 0 Å². The minimum absolute atomic E-state index is 0.0750. The Morgan fingerprint density at radius 1 is 1.38 bits per heavy atom. The van der Waals surface area contributed by atoms with Gasteiger partial charge in [-0.1, -0.05) is 5.10 Å². The van der Waals surface area contributed by atoms with Crippen molar-refractivity contribution in [3.63, 3.8) is 0 Å². The first-order valence-electron chi connectivity index (χ1n) is 4.11. The number of tetrazole rings is 1. The van der Waals surface area contributed by atoms with Crippen LogP contribution in [0.1, 0.15) is 6.42 Å². The summed E-state index contributed by atoms with van der Waals surface area (Å²) in [6.45, 7) is 2.00. The molecule has 0 unspecified atom stereocenters. The highest BCUT2D eigenvalue weighted by atomic mass is 16.1. The number of anilines is 1. The van der Waals surface area contributed by atoms with Crippen molar-refractivity contribution in [2.45, 2.75) is 6.42 Å². The summed E-state index contributed by atoms with van der Waals surface area (Å²) in [5.74, 6) is 0.627. The van der Waals surface area contributed by atoms with Gasteiger partial charge in [-0.25, -0.2) is 0 Å². The Morgan fingerprint density at radius 3 is 3.08 bits per heavy atom. The van der Waals surface area contributed by atoms with Gasteiger partial charge in [0.15, 0.2) is 0 Å². The van der Waals surface area contributed by atoms with Crippen LogP contribution >= 0.6 is 0 Å². The highest BCUT2D eigenvalue weighted by molar-refractivity contribution is 5.76. The maximum absolute atomic E-state index is 11.0. The molecule has 2 rings (SSSR count). The Bertz CT molecular complexity index is 283. The summed E-state index contributed by atoms with van der Waals surface area (Å²) in [4.78, 5) is 12.9. The molecule has 0 spiro atoms. The van der Waals surface area contributed by atoms with Gasteiger partial charge in [0.1, 0.15) is 0 Å². The lowest BCUT2D eigenvalue weighted by Gasteiger charge is -2.15. The molecule has 1 aliphatic rings. The molecule has 1 aromatic heterocycles. The third kappa shape index (κ3) is 1.74. The minimum Gasteiger partial charge on any atom is -0.354 e. The zero-order valence-corrected chi connectivity index (χ0v) is 7.03. The number of aromatic nitrogens is 4. The fourth-order valence-electron chi connectivity index (χ4n) is 1.26. The first kappa shape index (κ1) is 7.96. The lowest BCUT2D eigenvalue weighted by molar-refractivity contribution is -0.120. The summed E-state index contributed by atoms with van der Waals surface area (Å²) < 4.78 is 0. The fourth-order valence-corrected chi connectivity index (χ4v) is 1.26. The maximum Gasteiger partial charge on any atom is 0.265 e. The summed E-state index contributed by atoms with van der Waals surface area (Å²) in [5, 5.41) is 16.3. The van der Waals surface area contributed by atoms with Crippen molar-refractivity contribution in [1.29, 1.82) is 0 Å². The van der Waals surface area contributed by atoms with Crippen molar-refractivity contribution < 1.29 is 4.79 Å². The van der Waals surface area contributed by atoms with Gasteiger partial charge in [-0.15, -0.1) is 5.10 Å². The van der Waals surface area contributed by atoms with Crippen LogP contribution in [-0.2, 0) is 4.79 Å². The Balaban J connectivity index is 2.04. The molecule has 0 aliphatic carbocycles. The fraction of sp³-hybridized carbons (Fsp3) is 0.667. The average molecular weight is 182 g/mol. The zero-order valence-electron chi connectivity index (χ0n) is 7.03. The smallest absolute Gasteiger partial charge is 0.265 e. The monoisotopic (exact) mass is 182 g/mol. The standard InChI is InChI=1S/C6H10N6O/c13-5-1-3-12(4-2-7-5)6-8-10-11-9-6/h1-4H2,(H,7,13)(H,8,9,10,11).